The van der Waals surface area contributed by atoms with Gasteiger partial charge in [0.05, 0.1) is 11.8 Å². The standard InChI is InChI=1S/C14H12N2O4/c17-12-8-4-1-2-5-9(8)13(18)16(12)11-10(14(19)20)6-3-7-15-11/h1-3,6-9H,4-5H2,(H,19,20). The maximum absolute atomic E-state index is 12.4. The molecule has 6 nitrogen and oxygen atoms in total. The fourth-order valence-electron chi connectivity index (χ4n) is 2.75. The number of aromatic nitrogens is 1. The average Bonchev–Trinajstić information content (AvgIpc) is 2.71. The molecule has 0 spiro atoms. The van der Waals surface area contributed by atoms with E-state index < -0.39 is 17.8 Å². The number of allylic oxidation sites excluding steroid dienone is 2. The molecule has 102 valence electrons. The molecule has 2 heterocycles. The number of aromatic carboxylic acids is 1. The van der Waals surface area contributed by atoms with Crippen LogP contribution < -0.4 is 4.90 Å². The first-order chi connectivity index (χ1) is 9.61. The van der Waals surface area contributed by atoms with E-state index in [1.807, 2.05) is 12.2 Å². The number of carbonyl (C=O) groups excluding carboxylic acids is 2. The van der Waals surface area contributed by atoms with E-state index in [0.717, 1.165) is 4.90 Å². The van der Waals surface area contributed by atoms with Crippen LogP contribution in [-0.2, 0) is 9.59 Å². The molecule has 2 atom stereocenters. The van der Waals surface area contributed by atoms with E-state index in [0.29, 0.717) is 12.8 Å². The zero-order valence-corrected chi connectivity index (χ0v) is 10.5. The third-order valence-corrected chi connectivity index (χ3v) is 3.74. The lowest BCUT2D eigenvalue weighted by molar-refractivity contribution is -0.122. The molecule has 6 heteroatoms. The highest BCUT2D eigenvalue weighted by Crippen LogP contribution is 2.37. The predicted octanol–water partition coefficient (Wildman–Crippen LogP) is 1.24. The number of amides is 2. The van der Waals surface area contributed by atoms with Gasteiger partial charge in [0.15, 0.2) is 5.82 Å². The Labute approximate surface area is 114 Å². The number of hydrogen-bond donors (Lipinski definition) is 1. The van der Waals surface area contributed by atoms with E-state index in [1.165, 1.54) is 18.3 Å². The number of imide groups is 1. The van der Waals surface area contributed by atoms with Gasteiger partial charge in [0.25, 0.3) is 0 Å². The molecule has 0 radical (unpaired) electrons. The average molecular weight is 272 g/mol. The van der Waals surface area contributed by atoms with Crippen LogP contribution in [0.1, 0.15) is 23.2 Å². The molecule has 2 aliphatic rings. The minimum absolute atomic E-state index is 0.0793. The molecule has 1 N–H and O–H groups in total. The lowest BCUT2D eigenvalue weighted by atomic mass is 9.85. The van der Waals surface area contributed by atoms with Crippen molar-refractivity contribution in [3.8, 4) is 0 Å². The number of rotatable bonds is 2. The quantitative estimate of drug-likeness (QED) is 0.646. The normalized spacial score (nSPS) is 24.9. The minimum atomic E-state index is -1.21. The van der Waals surface area contributed by atoms with Gasteiger partial charge in [0, 0.05) is 6.20 Å². The number of fused-ring (bicyclic) bond motifs is 1. The lowest BCUT2D eigenvalue weighted by Gasteiger charge is -2.15. The minimum Gasteiger partial charge on any atom is -0.478 e. The highest BCUT2D eigenvalue weighted by Gasteiger charge is 2.49. The van der Waals surface area contributed by atoms with E-state index in [-0.39, 0.29) is 23.2 Å². The molecule has 1 aromatic heterocycles. The van der Waals surface area contributed by atoms with Crippen molar-refractivity contribution in [1.29, 1.82) is 0 Å². The summed E-state index contributed by atoms with van der Waals surface area (Å²) >= 11 is 0. The summed E-state index contributed by atoms with van der Waals surface area (Å²) < 4.78 is 0. The maximum atomic E-state index is 12.4. The molecule has 1 aliphatic carbocycles. The zero-order valence-electron chi connectivity index (χ0n) is 10.5. The molecule has 2 unspecified atom stereocenters. The van der Waals surface area contributed by atoms with Gasteiger partial charge in [-0.05, 0) is 25.0 Å². The molecule has 0 bridgehead atoms. The fourth-order valence-corrected chi connectivity index (χ4v) is 2.75. The van der Waals surface area contributed by atoms with Gasteiger partial charge in [-0.15, -0.1) is 0 Å². The first-order valence-electron chi connectivity index (χ1n) is 6.32. The smallest absolute Gasteiger partial charge is 0.339 e. The first-order valence-corrected chi connectivity index (χ1v) is 6.32. The van der Waals surface area contributed by atoms with E-state index in [4.69, 9.17) is 5.11 Å². The summed E-state index contributed by atoms with van der Waals surface area (Å²) in [6.07, 6.45) is 6.17. The van der Waals surface area contributed by atoms with Crippen molar-refractivity contribution in [2.24, 2.45) is 11.8 Å². The summed E-state index contributed by atoms with van der Waals surface area (Å²) in [5, 5.41) is 9.16. The second kappa shape index (κ2) is 4.56. The molecule has 1 aromatic rings. The van der Waals surface area contributed by atoms with Gasteiger partial charge < -0.3 is 5.11 Å². The SMILES string of the molecule is O=C(O)c1cccnc1N1C(=O)C2CC=CCC2C1=O. The molecule has 1 saturated heterocycles. The van der Waals surface area contributed by atoms with Crippen LogP contribution in [0.15, 0.2) is 30.5 Å². The largest absolute Gasteiger partial charge is 0.478 e. The summed E-state index contributed by atoms with van der Waals surface area (Å²) in [5.41, 5.74) is -0.138. The van der Waals surface area contributed by atoms with Gasteiger partial charge in [-0.3, -0.25) is 9.59 Å². The highest BCUT2D eigenvalue weighted by molar-refractivity contribution is 6.23. The Morgan fingerprint density at radius 2 is 1.80 bits per heavy atom. The van der Waals surface area contributed by atoms with Crippen LogP contribution in [0.5, 0.6) is 0 Å². The van der Waals surface area contributed by atoms with Gasteiger partial charge in [-0.25, -0.2) is 14.7 Å². The summed E-state index contributed by atoms with van der Waals surface area (Å²) in [7, 11) is 0. The Kier molecular flexibility index (Phi) is 2.85. The van der Waals surface area contributed by atoms with E-state index >= 15 is 0 Å². The van der Waals surface area contributed by atoms with Crippen LogP contribution in [-0.4, -0.2) is 27.9 Å². The van der Waals surface area contributed by atoms with Crippen molar-refractivity contribution >= 4 is 23.6 Å². The van der Waals surface area contributed by atoms with E-state index in [9.17, 15) is 14.4 Å². The van der Waals surface area contributed by atoms with Crippen molar-refractivity contribution in [1.82, 2.24) is 4.98 Å². The number of carboxylic acid groups (broad SMARTS) is 1. The highest BCUT2D eigenvalue weighted by atomic mass is 16.4. The van der Waals surface area contributed by atoms with Crippen LogP contribution >= 0.6 is 0 Å². The Bertz CT molecular complexity index is 612. The monoisotopic (exact) mass is 272 g/mol. The molecule has 2 amide bonds. The summed E-state index contributed by atoms with van der Waals surface area (Å²) in [6, 6.07) is 2.80. The molecule has 1 fully saturated rings. The lowest BCUT2D eigenvalue weighted by Crippen LogP contribution is -2.33. The van der Waals surface area contributed by atoms with Gasteiger partial charge in [0.1, 0.15) is 5.56 Å². The summed E-state index contributed by atoms with van der Waals surface area (Å²) in [5.74, 6) is -2.78. The molecular weight excluding hydrogens is 260 g/mol. The van der Waals surface area contributed by atoms with Crippen LogP contribution in [0.3, 0.4) is 0 Å². The van der Waals surface area contributed by atoms with Crippen molar-refractivity contribution in [2.45, 2.75) is 12.8 Å². The van der Waals surface area contributed by atoms with Crippen LogP contribution in [0.25, 0.3) is 0 Å². The fraction of sp³-hybridized carbons (Fsp3) is 0.286. The maximum Gasteiger partial charge on any atom is 0.339 e. The number of anilines is 1. The third-order valence-electron chi connectivity index (χ3n) is 3.74. The third kappa shape index (κ3) is 1.72. The van der Waals surface area contributed by atoms with Gasteiger partial charge in [0.2, 0.25) is 11.8 Å². The molecule has 0 aromatic carbocycles. The molecule has 3 rings (SSSR count). The van der Waals surface area contributed by atoms with Crippen LogP contribution in [0.2, 0.25) is 0 Å². The summed E-state index contributed by atoms with van der Waals surface area (Å²) in [6.45, 7) is 0. The van der Waals surface area contributed by atoms with Crippen LogP contribution in [0, 0.1) is 11.8 Å². The number of carboxylic acids is 1. The number of hydrogen-bond acceptors (Lipinski definition) is 4. The van der Waals surface area contributed by atoms with E-state index in [2.05, 4.69) is 4.98 Å². The topological polar surface area (TPSA) is 87.6 Å². The van der Waals surface area contributed by atoms with Crippen molar-refractivity contribution < 1.29 is 19.5 Å². The van der Waals surface area contributed by atoms with Crippen molar-refractivity contribution in [3.05, 3.63) is 36.0 Å². The van der Waals surface area contributed by atoms with Crippen molar-refractivity contribution in [2.75, 3.05) is 4.90 Å². The number of carbonyl (C=O) groups is 3. The Hall–Kier alpha value is -2.50. The Morgan fingerprint density at radius 1 is 1.20 bits per heavy atom. The Balaban J connectivity index is 2.06. The van der Waals surface area contributed by atoms with Gasteiger partial charge in [-0.2, -0.15) is 0 Å². The zero-order chi connectivity index (χ0) is 14.3. The first kappa shape index (κ1) is 12.5. The molecule has 0 saturated carbocycles. The van der Waals surface area contributed by atoms with E-state index in [1.54, 1.807) is 0 Å². The van der Waals surface area contributed by atoms with Gasteiger partial charge in [-0.1, -0.05) is 12.2 Å². The number of nitrogens with zero attached hydrogens (tertiary/aromatic N) is 2. The molecule has 20 heavy (non-hydrogen) atoms. The number of pyridine rings is 1. The van der Waals surface area contributed by atoms with Crippen LogP contribution in [0.4, 0.5) is 5.82 Å². The summed E-state index contributed by atoms with van der Waals surface area (Å²) in [4.78, 5) is 40.8. The second-order valence-electron chi connectivity index (χ2n) is 4.85. The Morgan fingerprint density at radius 3 is 2.35 bits per heavy atom. The van der Waals surface area contributed by atoms with Gasteiger partial charge >= 0.3 is 5.97 Å². The predicted molar refractivity (Wildman–Crippen MR) is 69.0 cm³/mol. The molecule has 1 aliphatic heterocycles. The molecular formula is C14H12N2O4. The second-order valence-corrected chi connectivity index (χ2v) is 4.85. The van der Waals surface area contributed by atoms with Crippen molar-refractivity contribution in [3.63, 3.8) is 0 Å².